The fourth-order valence-corrected chi connectivity index (χ4v) is 4.01. The zero-order chi connectivity index (χ0) is 18.9. The second kappa shape index (κ2) is 6.68. The molecule has 0 spiro atoms. The van der Waals surface area contributed by atoms with Crippen molar-refractivity contribution in [3.63, 3.8) is 0 Å². The number of aliphatic imine (C=N–C) groups is 1. The Labute approximate surface area is 150 Å². The third-order valence-electron chi connectivity index (χ3n) is 3.75. The summed E-state index contributed by atoms with van der Waals surface area (Å²) >= 11 is 0. The predicted molar refractivity (Wildman–Crippen MR) is 95.8 cm³/mol. The molecule has 0 aromatic heterocycles. The largest absolute Gasteiger partial charge is 0.240 e. The highest BCUT2D eigenvalue weighted by Gasteiger charge is 2.23. The number of nitrogens with one attached hydrogen (secondary N) is 1. The molecular formula is C15H15N5O4S2. The third kappa shape index (κ3) is 3.42. The SMILES string of the molecule is CNS(=O)(=O)c1ccc(-c2cccc(S(N)(=O)=O)c2C2=NCN=N2)cc1. The fraction of sp³-hybridized carbons (Fsp3) is 0.133. The number of nitrogens with two attached hydrogens (primary N) is 1. The van der Waals surface area contributed by atoms with E-state index in [1.807, 2.05) is 0 Å². The van der Waals surface area contributed by atoms with Gasteiger partial charge in [0.05, 0.1) is 9.79 Å². The molecule has 9 nitrogen and oxygen atoms in total. The van der Waals surface area contributed by atoms with Crippen LogP contribution in [0.2, 0.25) is 0 Å². The number of amidine groups is 1. The summed E-state index contributed by atoms with van der Waals surface area (Å²) in [6.45, 7) is 0.104. The Hall–Kier alpha value is -2.47. The Bertz CT molecular complexity index is 1120. The maximum atomic E-state index is 12.0. The Balaban J connectivity index is 2.21. The Kier molecular flexibility index (Phi) is 4.71. The first-order valence-electron chi connectivity index (χ1n) is 7.36. The van der Waals surface area contributed by atoms with Crippen LogP contribution in [0.5, 0.6) is 0 Å². The molecule has 0 aliphatic carbocycles. The summed E-state index contributed by atoms with van der Waals surface area (Å²) in [5, 5.41) is 13.0. The van der Waals surface area contributed by atoms with Crippen LogP contribution in [-0.2, 0) is 20.0 Å². The minimum Gasteiger partial charge on any atom is -0.239 e. The van der Waals surface area contributed by atoms with Crippen molar-refractivity contribution < 1.29 is 16.8 Å². The van der Waals surface area contributed by atoms with Gasteiger partial charge in [0, 0.05) is 5.56 Å². The molecule has 11 heteroatoms. The number of hydrogen-bond acceptors (Lipinski definition) is 7. The lowest BCUT2D eigenvalue weighted by molar-refractivity contribution is 0.588. The number of rotatable bonds is 5. The van der Waals surface area contributed by atoms with Gasteiger partial charge in [-0.05, 0) is 36.4 Å². The van der Waals surface area contributed by atoms with Crippen molar-refractivity contribution in [2.45, 2.75) is 9.79 Å². The van der Waals surface area contributed by atoms with E-state index in [1.165, 1.54) is 25.2 Å². The molecule has 136 valence electrons. The molecule has 1 aliphatic rings. The summed E-state index contributed by atoms with van der Waals surface area (Å²) in [4.78, 5) is 4.06. The monoisotopic (exact) mass is 393 g/mol. The Morgan fingerprint density at radius 1 is 1.04 bits per heavy atom. The molecule has 0 radical (unpaired) electrons. The van der Waals surface area contributed by atoms with Crippen LogP contribution in [0.25, 0.3) is 11.1 Å². The molecule has 0 amide bonds. The molecule has 0 saturated heterocycles. The van der Waals surface area contributed by atoms with E-state index in [-0.39, 0.29) is 27.9 Å². The first kappa shape index (κ1) is 18.3. The fourth-order valence-electron chi connectivity index (χ4n) is 2.53. The molecule has 0 saturated carbocycles. The Morgan fingerprint density at radius 3 is 2.27 bits per heavy atom. The third-order valence-corrected chi connectivity index (χ3v) is 6.13. The lowest BCUT2D eigenvalue weighted by Gasteiger charge is -2.12. The highest BCUT2D eigenvalue weighted by Crippen LogP contribution is 2.31. The number of hydrogen-bond donors (Lipinski definition) is 2. The average molecular weight is 393 g/mol. The second-order valence-electron chi connectivity index (χ2n) is 5.32. The highest BCUT2D eigenvalue weighted by molar-refractivity contribution is 7.89. The maximum absolute atomic E-state index is 12.0. The normalized spacial score (nSPS) is 14.5. The zero-order valence-corrected chi connectivity index (χ0v) is 15.3. The standard InChI is InChI=1S/C15H15N5O4S2/c1-17-26(23,24)11-7-5-10(6-8-11)12-3-2-4-13(25(16,21)22)14(12)15-18-9-19-20-15/h2-8,17H,9H2,1H3,(H2,16,21,22). The van der Waals surface area contributed by atoms with Gasteiger partial charge in [-0.15, -0.1) is 5.11 Å². The number of primary sulfonamides is 1. The summed E-state index contributed by atoms with van der Waals surface area (Å²) < 4.78 is 49.9. The summed E-state index contributed by atoms with van der Waals surface area (Å²) in [6.07, 6.45) is 0. The lowest BCUT2D eigenvalue weighted by atomic mass is 9.99. The van der Waals surface area contributed by atoms with Crippen LogP contribution in [0.3, 0.4) is 0 Å². The molecular weight excluding hydrogens is 378 g/mol. The van der Waals surface area contributed by atoms with E-state index in [4.69, 9.17) is 5.14 Å². The van der Waals surface area contributed by atoms with E-state index in [1.54, 1.807) is 24.3 Å². The van der Waals surface area contributed by atoms with Crippen molar-refractivity contribution in [1.29, 1.82) is 0 Å². The van der Waals surface area contributed by atoms with E-state index >= 15 is 0 Å². The summed E-state index contributed by atoms with van der Waals surface area (Å²) in [7, 11) is -6.28. The van der Waals surface area contributed by atoms with Crippen LogP contribution < -0.4 is 9.86 Å². The van der Waals surface area contributed by atoms with Crippen LogP contribution in [0.15, 0.2) is 67.5 Å². The molecule has 0 atom stereocenters. The van der Waals surface area contributed by atoms with Gasteiger partial charge in [-0.1, -0.05) is 24.3 Å². The van der Waals surface area contributed by atoms with Gasteiger partial charge in [-0.2, -0.15) is 5.11 Å². The topological polar surface area (TPSA) is 143 Å². The first-order chi connectivity index (χ1) is 12.2. The van der Waals surface area contributed by atoms with E-state index < -0.39 is 20.0 Å². The number of nitrogens with zero attached hydrogens (tertiary/aromatic N) is 3. The molecule has 3 rings (SSSR count). The first-order valence-corrected chi connectivity index (χ1v) is 10.4. The minimum atomic E-state index is -4.03. The molecule has 0 fully saturated rings. The molecule has 1 aliphatic heterocycles. The van der Waals surface area contributed by atoms with Crippen molar-refractivity contribution >= 4 is 25.9 Å². The van der Waals surface area contributed by atoms with Crippen molar-refractivity contribution in [3.05, 3.63) is 48.0 Å². The molecule has 2 aromatic carbocycles. The highest BCUT2D eigenvalue weighted by atomic mass is 32.2. The number of benzene rings is 2. The van der Waals surface area contributed by atoms with Crippen molar-refractivity contribution in [3.8, 4) is 11.1 Å². The summed E-state index contributed by atoms with van der Waals surface area (Å²) in [6, 6.07) is 10.6. The van der Waals surface area contributed by atoms with Gasteiger partial charge >= 0.3 is 0 Å². The van der Waals surface area contributed by atoms with Crippen LogP contribution in [0, 0.1) is 0 Å². The molecule has 1 heterocycles. The molecule has 26 heavy (non-hydrogen) atoms. The van der Waals surface area contributed by atoms with Crippen molar-refractivity contribution in [1.82, 2.24) is 4.72 Å². The van der Waals surface area contributed by atoms with Gasteiger partial charge in [-0.25, -0.2) is 31.7 Å². The van der Waals surface area contributed by atoms with Crippen LogP contribution in [0.1, 0.15) is 5.56 Å². The van der Waals surface area contributed by atoms with E-state index in [0.29, 0.717) is 11.1 Å². The molecule has 3 N–H and O–H groups in total. The van der Waals surface area contributed by atoms with Crippen molar-refractivity contribution in [2.75, 3.05) is 13.7 Å². The van der Waals surface area contributed by atoms with Gasteiger partial charge in [0.15, 0.2) is 12.5 Å². The van der Waals surface area contributed by atoms with Gasteiger partial charge < -0.3 is 0 Å². The van der Waals surface area contributed by atoms with Gasteiger partial charge in [0.1, 0.15) is 0 Å². The van der Waals surface area contributed by atoms with Crippen molar-refractivity contribution in [2.24, 2.45) is 20.4 Å². The van der Waals surface area contributed by atoms with Gasteiger partial charge in [0.2, 0.25) is 20.0 Å². The van der Waals surface area contributed by atoms with E-state index in [0.717, 1.165) is 0 Å². The average Bonchev–Trinajstić information content (AvgIpc) is 3.15. The predicted octanol–water partition coefficient (Wildman–Crippen LogP) is 1.08. The van der Waals surface area contributed by atoms with Crippen LogP contribution in [0.4, 0.5) is 0 Å². The summed E-state index contributed by atoms with van der Waals surface area (Å²) in [5.74, 6) is 0.163. The van der Waals surface area contributed by atoms with E-state index in [9.17, 15) is 16.8 Å². The summed E-state index contributed by atoms with van der Waals surface area (Å²) in [5.41, 5.74) is 1.33. The van der Waals surface area contributed by atoms with Crippen LogP contribution in [-0.4, -0.2) is 36.4 Å². The van der Waals surface area contributed by atoms with Gasteiger partial charge in [0.25, 0.3) is 0 Å². The molecule has 0 bridgehead atoms. The van der Waals surface area contributed by atoms with E-state index in [2.05, 4.69) is 19.9 Å². The lowest BCUT2D eigenvalue weighted by Crippen LogP contribution is -2.18. The molecule has 2 aromatic rings. The van der Waals surface area contributed by atoms with Gasteiger partial charge in [-0.3, -0.25) is 0 Å². The maximum Gasteiger partial charge on any atom is 0.240 e. The smallest absolute Gasteiger partial charge is 0.239 e. The number of azo groups is 1. The second-order valence-corrected chi connectivity index (χ2v) is 8.74. The number of sulfonamides is 2. The molecule has 0 unspecified atom stereocenters. The zero-order valence-electron chi connectivity index (χ0n) is 13.6. The Morgan fingerprint density at radius 2 is 1.73 bits per heavy atom. The van der Waals surface area contributed by atoms with Crippen LogP contribution >= 0.6 is 0 Å². The quantitative estimate of drug-likeness (QED) is 0.783. The minimum absolute atomic E-state index is 0.0887.